The Morgan fingerprint density at radius 2 is 2.04 bits per heavy atom. The van der Waals surface area contributed by atoms with Crippen LogP contribution < -0.4 is 10.6 Å². The minimum absolute atomic E-state index is 0.0544. The number of carbonyl (C=O) groups is 2. The predicted octanol–water partition coefficient (Wildman–Crippen LogP) is 1.18. The molecule has 1 saturated heterocycles. The van der Waals surface area contributed by atoms with Crippen LogP contribution in [-0.2, 0) is 4.79 Å². The number of nitrogens with one attached hydrogen (secondary N) is 2. The van der Waals surface area contributed by atoms with E-state index >= 15 is 0 Å². The Morgan fingerprint density at radius 3 is 2.88 bits per heavy atom. The summed E-state index contributed by atoms with van der Waals surface area (Å²) in [5.74, 6) is 0.648. The standard InChI is InChI=1S/C16H21N7O2/c24-14-16(7-2-1-3-8-16)19-15(25)22(14)10-4-9-17-12-5-6-13-20-18-11-23(13)21-12/h5-6,11H,1-4,7-10H2,(H,17,21)(H,19,25). The van der Waals surface area contributed by atoms with E-state index in [1.807, 2.05) is 12.1 Å². The number of anilines is 1. The average Bonchev–Trinajstić information content (AvgIpc) is 3.17. The maximum Gasteiger partial charge on any atom is 0.325 e. The average molecular weight is 343 g/mol. The molecule has 0 radical (unpaired) electrons. The van der Waals surface area contributed by atoms with Crippen molar-refractivity contribution in [2.45, 2.75) is 44.1 Å². The summed E-state index contributed by atoms with van der Waals surface area (Å²) in [6.45, 7) is 1.03. The predicted molar refractivity (Wildman–Crippen MR) is 89.9 cm³/mol. The van der Waals surface area contributed by atoms with Crippen molar-refractivity contribution in [3.63, 3.8) is 0 Å². The number of aromatic nitrogens is 4. The van der Waals surface area contributed by atoms with Gasteiger partial charge in [-0.15, -0.1) is 15.3 Å². The molecule has 2 aromatic rings. The van der Waals surface area contributed by atoms with Crippen molar-refractivity contribution >= 4 is 23.4 Å². The molecule has 4 rings (SSSR count). The fourth-order valence-corrected chi connectivity index (χ4v) is 3.65. The molecule has 0 bridgehead atoms. The van der Waals surface area contributed by atoms with E-state index in [2.05, 4.69) is 25.9 Å². The van der Waals surface area contributed by atoms with Gasteiger partial charge in [0.2, 0.25) is 0 Å². The Kier molecular flexibility index (Phi) is 3.98. The van der Waals surface area contributed by atoms with Crippen molar-refractivity contribution in [3.8, 4) is 0 Å². The van der Waals surface area contributed by atoms with Crippen molar-refractivity contribution < 1.29 is 9.59 Å². The zero-order chi connectivity index (χ0) is 17.3. The maximum absolute atomic E-state index is 12.7. The molecule has 132 valence electrons. The lowest BCUT2D eigenvalue weighted by Crippen LogP contribution is -2.48. The summed E-state index contributed by atoms with van der Waals surface area (Å²) in [4.78, 5) is 26.2. The Morgan fingerprint density at radius 1 is 1.20 bits per heavy atom. The van der Waals surface area contributed by atoms with E-state index < -0.39 is 5.54 Å². The van der Waals surface area contributed by atoms with Gasteiger partial charge in [0.1, 0.15) is 17.7 Å². The van der Waals surface area contributed by atoms with Crippen LogP contribution in [0.2, 0.25) is 0 Å². The van der Waals surface area contributed by atoms with Crippen LogP contribution in [0.3, 0.4) is 0 Å². The van der Waals surface area contributed by atoms with E-state index in [4.69, 9.17) is 0 Å². The van der Waals surface area contributed by atoms with Gasteiger partial charge in [0, 0.05) is 13.1 Å². The Hall–Kier alpha value is -2.71. The molecule has 1 aliphatic heterocycles. The molecular formula is C16H21N7O2. The van der Waals surface area contributed by atoms with Crippen LogP contribution in [-0.4, -0.2) is 55.3 Å². The lowest BCUT2D eigenvalue weighted by molar-refractivity contribution is -0.132. The fourth-order valence-electron chi connectivity index (χ4n) is 3.65. The van der Waals surface area contributed by atoms with E-state index in [0.717, 1.165) is 32.1 Å². The minimum Gasteiger partial charge on any atom is -0.369 e. The van der Waals surface area contributed by atoms with E-state index in [1.165, 1.54) is 11.2 Å². The third-order valence-electron chi connectivity index (χ3n) is 4.98. The Labute approximate surface area is 144 Å². The summed E-state index contributed by atoms with van der Waals surface area (Å²) >= 11 is 0. The van der Waals surface area contributed by atoms with Gasteiger partial charge in [0.05, 0.1) is 0 Å². The lowest BCUT2D eigenvalue weighted by atomic mass is 9.82. The van der Waals surface area contributed by atoms with Crippen LogP contribution in [0.1, 0.15) is 38.5 Å². The summed E-state index contributed by atoms with van der Waals surface area (Å²) in [5, 5.41) is 18.1. The van der Waals surface area contributed by atoms with Gasteiger partial charge in [-0.1, -0.05) is 19.3 Å². The van der Waals surface area contributed by atoms with Gasteiger partial charge in [0.15, 0.2) is 5.65 Å². The molecular weight excluding hydrogens is 322 g/mol. The lowest BCUT2D eigenvalue weighted by Gasteiger charge is -2.30. The summed E-state index contributed by atoms with van der Waals surface area (Å²) in [7, 11) is 0. The van der Waals surface area contributed by atoms with Crippen molar-refractivity contribution in [1.29, 1.82) is 0 Å². The highest BCUT2D eigenvalue weighted by atomic mass is 16.2. The molecule has 3 amide bonds. The molecule has 0 atom stereocenters. The van der Waals surface area contributed by atoms with Crippen LogP contribution >= 0.6 is 0 Å². The maximum atomic E-state index is 12.7. The zero-order valence-electron chi connectivity index (χ0n) is 13.9. The van der Waals surface area contributed by atoms with E-state index in [0.29, 0.717) is 31.0 Å². The topological polar surface area (TPSA) is 105 Å². The van der Waals surface area contributed by atoms with E-state index in [1.54, 1.807) is 4.52 Å². The highest BCUT2D eigenvalue weighted by Gasteiger charge is 2.50. The first-order valence-electron chi connectivity index (χ1n) is 8.73. The first kappa shape index (κ1) is 15.8. The molecule has 1 aliphatic carbocycles. The number of amides is 3. The molecule has 0 unspecified atom stereocenters. The molecule has 0 aromatic carbocycles. The monoisotopic (exact) mass is 343 g/mol. The second kappa shape index (κ2) is 6.30. The third kappa shape index (κ3) is 2.90. The summed E-state index contributed by atoms with van der Waals surface area (Å²) in [5.41, 5.74) is 0.0479. The summed E-state index contributed by atoms with van der Waals surface area (Å²) in [6.07, 6.45) is 6.86. The molecule has 9 heteroatoms. The number of hydrogen-bond donors (Lipinski definition) is 2. The van der Waals surface area contributed by atoms with Gasteiger partial charge in [-0.05, 0) is 31.4 Å². The first-order chi connectivity index (χ1) is 12.2. The number of hydrogen-bond acceptors (Lipinski definition) is 6. The second-order valence-corrected chi connectivity index (χ2v) is 6.66. The van der Waals surface area contributed by atoms with Gasteiger partial charge in [-0.3, -0.25) is 9.69 Å². The van der Waals surface area contributed by atoms with Crippen LogP contribution in [0.4, 0.5) is 10.6 Å². The van der Waals surface area contributed by atoms with E-state index in [9.17, 15) is 9.59 Å². The molecule has 3 heterocycles. The largest absolute Gasteiger partial charge is 0.369 e. The van der Waals surface area contributed by atoms with Gasteiger partial charge < -0.3 is 10.6 Å². The smallest absolute Gasteiger partial charge is 0.325 e. The van der Waals surface area contributed by atoms with Crippen LogP contribution in [0, 0.1) is 0 Å². The van der Waals surface area contributed by atoms with Gasteiger partial charge in [0.25, 0.3) is 5.91 Å². The van der Waals surface area contributed by atoms with Crippen LogP contribution in [0.25, 0.3) is 5.65 Å². The van der Waals surface area contributed by atoms with Crippen molar-refractivity contribution in [3.05, 3.63) is 18.5 Å². The van der Waals surface area contributed by atoms with Crippen molar-refractivity contribution in [2.24, 2.45) is 0 Å². The number of rotatable bonds is 5. The van der Waals surface area contributed by atoms with Crippen molar-refractivity contribution in [1.82, 2.24) is 30.0 Å². The van der Waals surface area contributed by atoms with E-state index in [-0.39, 0.29) is 11.9 Å². The fraction of sp³-hybridized carbons (Fsp3) is 0.562. The summed E-state index contributed by atoms with van der Waals surface area (Å²) in [6, 6.07) is 3.40. The number of fused-ring (bicyclic) bond motifs is 1. The van der Waals surface area contributed by atoms with Gasteiger partial charge in [-0.2, -0.15) is 4.52 Å². The first-order valence-corrected chi connectivity index (χ1v) is 8.73. The molecule has 2 fully saturated rings. The molecule has 1 saturated carbocycles. The van der Waals surface area contributed by atoms with Crippen molar-refractivity contribution in [2.75, 3.05) is 18.4 Å². The minimum atomic E-state index is -0.635. The summed E-state index contributed by atoms with van der Waals surface area (Å²) < 4.78 is 1.59. The molecule has 2 N–H and O–H groups in total. The highest BCUT2D eigenvalue weighted by molar-refractivity contribution is 6.07. The second-order valence-electron chi connectivity index (χ2n) is 6.66. The quantitative estimate of drug-likeness (QED) is 0.624. The van der Waals surface area contributed by atoms with Crippen LogP contribution in [0.15, 0.2) is 18.5 Å². The van der Waals surface area contributed by atoms with Gasteiger partial charge >= 0.3 is 6.03 Å². The Balaban J connectivity index is 1.30. The number of imide groups is 1. The Bertz CT molecular complexity index is 797. The number of nitrogens with zero attached hydrogens (tertiary/aromatic N) is 5. The molecule has 25 heavy (non-hydrogen) atoms. The molecule has 1 spiro atoms. The molecule has 2 aromatic heterocycles. The number of urea groups is 1. The highest BCUT2D eigenvalue weighted by Crippen LogP contribution is 2.33. The normalized spacial score (nSPS) is 19.6. The number of carbonyl (C=O) groups excluding carboxylic acids is 2. The SMILES string of the molecule is O=C1NC2(CCCCC2)C(=O)N1CCCNc1ccc2nncn2n1. The molecule has 9 nitrogen and oxygen atoms in total. The van der Waals surface area contributed by atoms with Crippen LogP contribution in [0.5, 0.6) is 0 Å². The zero-order valence-corrected chi connectivity index (χ0v) is 13.9. The van der Waals surface area contributed by atoms with Gasteiger partial charge in [-0.25, -0.2) is 4.79 Å². The molecule has 2 aliphatic rings. The third-order valence-corrected chi connectivity index (χ3v) is 4.98.